The van der Waals surface area contributed by atoms with Crippen LogP contribution >= 0.6 is 11.5 Å². The van der Waals surface area contributed by atoms with Gasteiger partial charge in [-0.2, -0.15) is 22.8 Å². The van der Waals surface area contributed by atoms with Crippen LogP contribution in [-0.4, -0.2) is 47.7 Å². The number of anilines is 1. The molecular weight excluding hydrogens is 289 g/mol. The lowest BCUT2D eigenvalue weighted by molar-refractivity contribution is -0.179. The van der Waals surface area contributed by atoms with E-state index < -0.39 is 12.2 Å². The molecule has 1 aromatic heterocycles. The number of piperazine rings is 1. The quantitative estimate of drug-likeness (QED) is 0.841. The molecule has 1 aliphatic heterocycles. The smallest absolute Gasteiger partial charge is 0.359 e. The number of hydrogen-bond donors (Lipinski definition) is 0. The maximum absolute atomic E-state index is 12.7. The van der Waals surface area contributed by atoms with Crippen LogP contribution in [0.1, 0.15) is 18.2 Å². The van der Waals surface area contributed by atoms with Crippen LogP contribution in [0.3, 0.4) is 0 Å². The third-order valence-corrected chi connectivity index (χ3v) is 4.58. The molecule has 1 fully saturated rings. The first kappa shape index (κ1) is 15.1. The SMILES string of the molecule is Cc1nsc(N2CCN(C(C)C(F)(F)F)CC2)c1C#N. The van der Waals surface area contributed by atoms with Crippen molar-refractivity contribution in [3.05, 3.63) is 11.3 Å². The fourth-order valence-corrected chi connectivity index (χ4v) is 3.12. The molecule has 0 amide bonds. The summed E-state index contributed by atoms with van der Waals surface area (Å²) in [5.74, 6) is 0. The molecule has 0 N–H and O–H groups in total. The van der Waals surface area contributed by atoms with E-state index in [1.165, 1.54) is 23.4 Å². The number of aryl methyl sites for hydroxylation is 1. The summed E-state index contributed by atoms with van der Waals surface area (Å²) in [6, 6.07) is 0.685. The van der Waals surface area contributed by atoms with Crippen LogP contribution in [0.15, 0.2) is 0 Å². The van der Waals surface area contributed by atoms with Gasteiger partial charge >= 0.3 is 6.18 Å². The van der Waals surface area contributed by atoms with Crippen molar-refractivity contribution < 1.29 is 13.2 Å². The molecule has 1 atom stereocenters. The molecule has 1 aliphatic rings. The summed E-state index contributed by atoms with van der Waals surface area (Å²) in [5.41, 5.74) is 1.21. The number of rotatable bonds is 2. The number of aromatic nitrogens is 1. The van der Waals surface area contributed by atoms with Crippen molar-refractivity contribution in [3.8, 4) is 6.07 Å². The van der Waals surface area contributed by atoms with Gasteiger partial charge in [0.25, 0.3) is 0 Å². The van der Waals surface area contributed by atoms with E-state index in [1.807, 2.05) is 4.90 Å². The van der Waals surface area contributed by atoms with E-state index in [0.29, 0.717) is 37.4 Å². The normalized spacial score (nSPS) is 18.9. The first-order valence-electron chi connectivity index (χ1n) is 6.26. The molecule has 0 aliphatic carbocycles. The second kappa shape index (κ2) is 5.58. The molecular formula is C12H15F3N4S. The molecule has 1 saturated heterocycles. The van der Waals surface area contributed by atoms with Gasteiger partial charge in [-0.25, -0.2) is 0 Å². The summed E-state index contributed by atoms with van der Waals surface area (Å²) in [6.07, 6.45) is -4.19. The van der Waals surface area contributed by atoms with E-state index >= 15 is 0 Å². The zero-order chi connectivity index (χ0) is 14.9. The van der Waals surface area contributed by atoms with Crippen LogP contribution in [0.5, 0.6) is 0 Å². The van der Waals surface area contributed by atoms with Gasteiger partial charge in [0.15, 0.2) is 0 Å². The van der Waals surface area contributed by atoms with Gasteiger partial charge in [-0.1, -0.05) is 0 Å². The summed E-state index contributed by atoms with van der Waals surface area (Å²) in [4.78, 5) is 3.37. The van der Waals surface area contributed by atoms with Crippen LogP contribution in [-0.2, 0) is 0 Å². The maximum atomic E-state index is 12.7. The minimum atomic E-state index is -4.19. The van der Waals surface area contributed by atoms with Gasteiger partial charge in [0.1, 0.15) is 22.7 Å². The van der Waals surface area contributed by atoms with Gasteiger partial charge in [-0.3, -0.25) is 4.90 Å². The first-order valence-corrected chi connectivity index (χ1v) is 7.04. The Kier molecular flexibility index (Phi) is 4.20. The van der Waals surface area contributed by atoms with Gasteiger partial charge in [-0.15, -0.1) is 0 Å². The maximum Gasteiger partial charge on any atom is 0.403 e. The first-order chi connectivity index (χ1) is 9.34. The van der Waals surface area contributed by atoms with E-state index in [9.17, 15) is 13.2 Å². The fraction of sp³-hybridized carbons (Fsp3) is 0.667. The van der Waals surface area contributed by atoms with Crippen molar-refractivity contribution in [2.45, 2.75) is 26.1 Å². The molecule has 0 radical (unpaired) electrons. The highest BCUT2D eigenvalue weighted by atomic mass is 32.1. The molecule has 0 aromatic carbocycles. The van der Waals surface area contributed by atoms with E-state index in [-0.39, 0.29) is 0 Å². The third-order valence-electron chi connectivity index (χ3n) is 3.58. The molecule has 1 unspecified atom stereocenters. The van der Waals surface area contributed by atoms with E-state index in [4.69, 9.17) is 5.26 Å². The summed E-state index contributed by atoms with van der Waals surface area (Å²) >= 11 is 1.24. The zero-order valence-electron chi connectivity index (χ0n) is 11.2. The summed E-state index contributed by atoms with van der Waals surface area (Å²) in [5, 5.41) is 9.86. The van der Waals surface area contributed by atoms with E-state index in [0.717, 1.165) is 5.00 Å². The molecule has 1 aromatic rings. The standard InChI is InChI=1S/C12H15F3N4S/c1-8-10(7-16)11(20-17-8)19-5-3-18(4-6-19)9(2)12(13,14)15/h9H,3-6H2,1-2H3. The Morgan fingerprint density at radius 1 is 1.30 bits per heavy atom. The van der Waals surface area contributed by atoms with Crippen molar-refractivity contribution in [1.82, 2.24) is 9.27 Å². The van der Waals surface area contributed by atoms with Gasteiger partial charge in [0.2, 0.25) is 0 Å². The summed E-state index contributed by atoms with van der Waals surface area (Å²) < 4.78 is 42.1. The number of nitriles is 1. The van der Waals surface area contributed by atoms with Crippen LogP contribution in [0.2, 0.25) is 0 Å². The minimum absolute atomic E-state index is 0.336. The lowest BCUT2D eigenvalue weighted by Crippen LogP contribution is -2.53. The molecule has 4 nitrogen and oxygen atoms in total. The highest BCUT2D eigenvalue weighted by molar-refractivity contribution is 7.10. The Hall–Kier alpha value is -1.33. The summed E-state index contributed by atoms with van der Waals surface area (Å²) in [7, 11) is 0. The van der Waals surface area contributed by atoms with Gasteiger partial charge in [0.05, 0.1) is 5.69 Å². The molecule has 110 valence electrons. The number of hydrogen-bond acceptors (Lipinski definition) is 5. The van der Waals surface area contributed by atoms with Crippen LogP contribution in [0.25, 0.3) is 0 Å². The number of nitrogens with zero attached hydrogens (tertiary/aromatic N) is 4. The van der Waals surface area contributed by atoms with Crippen LogP contribution in [0.4, 0.5) is 18.2 Å². The highest BCUT2D eigenvalue weighted by Gasteiger charge is 2.41. The van der Waals surface area contributed by atoms with Crippen LogP contribution in [0, 0.1) is 18.3 Å². The van der Waals surface area contributed by atoms with Crippen molar-refractivity contribution in [2.24, 2.45) is 0 Å². The highest BCUT2D eigenvalue weighted by Crippen LogP contribution is 2.30. The number of halogens is 3. The lowest BCUT2D eigenvalue weighted by Gasteiger charge is -2.38. The molecule has 8 heteroatoms. The van der Waals surface area contributed by atoms with Crippen molar-refractivity contribution in [2.75, 3.05) is 31.1 Å². The topological polar surface area (TPSA) is 43.2 Å². The lowest BCUT2D eigenvalue weighted by atomic mass is 10.2. The Morgan fingerprint density at radius 2 is 1.90 bits per heavy atom. The molecule has 20 heavy (non-hydrogen) atoms. The Bertz CT molecular complexity index is 512. The average molecular weight is 304 g/mol. The predicted octanol–water partition coefficient (Wildman–Crippen LogP) is 2.40. The molecule has 2 rings (SSSR count). The predicted molar refractivity (Wildman–Crippen MR) is 70.9 cm³/mol. The average Bonchev–Trinajstić information content (AvgIpc) is 2.78. The van der Waals surface area contributed by atoms with Gasteiger partial charge in [-0.05, 0) is 25.4 Å². The third kappa shape index (κ3) is 2.88. The molecule has 2 heterocycles. The fourth-order valence-electron chi connectivity index (χ4n) is 2.22. The Morgan fingerprint density at radius 3 is 2.40 bits per heavy atom. The van der Waals surface area contributed by atoms with E-state index in [1.54, 1.807) is 6.92 Å². The Balaban J connectivity index is 2.03. The zero-order valence-corrected chi connectivity index (χ0v) is 12.1. The summed E-state index contributed by atoms with van der Waals surface area (Å²) in [6.45, 7) is 4.59. The Labute approximate surface area is 119 Å². The monoisotopic (exact) mass is 304 g/mol. The van der Waals surface area contributed by atoms with Gasteiger partial charge < -0.3 is 4.90 Å². The van der Waals surface area contributed by atoms with Crippen molar-refractivity contribution in [1.29, 1.82) is 5.26 Å². The second-order valence-electron chi connectivity index (χ2n) is 4.80. The second-order valence-corrected chi connectivity index (χ2v) is 5.55. The molecule has 0 bridgehead atoms. The van der Waals surface area contributed by atoms with Crippen LogP contribution < -0.4 is 4.90 Å². The van der Waals surface area contributed by atoms with E-state index in [2.05, 4.69) is 10.4 Å². The number of alkyl halides is 3. The van der Waals surface area contributed by atoms with Crippen molar-refractivity contribution >= 4 is 16.5 Å². The van der Waals surface area contributed by atoms with Gasteiger partial charge in [0, 0.05) is 26.2 Å². The molecule has 0 spiro atoms. The largest absolute Gasteiger partial charge is 0.403 e. The molecule has 0 saturated carbocycles. The minimum Gasteiger partial charge on any atom is -0.359 e. The van der Waals surface area contributed by atoms with Crippen molar-refractivity contribution in [3.63, 3.8) is 0 Å².